The SMILES string of the molecule is CCCOC(=S)N(N)CCC. The summed E-state index contributed by atoms with van der Waals surface area (Å²) in [6, 6.07) is 0. The van der Waals surface area contributed by atoms with Gasteiger partial charge >= 0.3 is 0 Å². The lowest BCUT2D eigenvalue weighted by Crippen LogP contribution is -2.38. The van der Waals surface area contributed by atoms with Crippen molar-refractivity contribution in [3.63, 3.8) is 0 Å². The Morgan fingerprint density at radius 3 is 2.55 bits per heavy atom. The van der Waals surface area contributed by atoms with Crippen LogP contribution in [0.15, 0.2) is 0 Å². The molecular weight excluding hydrogens is 160 g/mol. The minimum absolute atomic E-state index is 0.397. The Morgan fingerprint density at radius 2 is 2.09 bits per heavy atom. The molecule has 0 saturated heterocycles. The molecule has 2 N–H and O–H groups in total. The third-order valence-electron chi connectivity index (χ3n) is 1.13. The van der Waals surface area contributed by atoms with Gasteiger partial charge in [0, 0.05) is 6.54 Å². The standard InChI is InChI=1S/C7H16N2OS/c1-3-5-9(8)7(11)10-6-4-2/h3-6,8H2,1-2H3. The van der Waals surface area contributed by atoms with Crippen molar-refractivity contribution in [2.24, 2.45) is 5.84 Å². The van der Waals surface area contributed by atoms with Crippen LogP contribution in [-0.4, -0.2) is 23.3 Å². The Balaban J connectivity index is 3.47. The van der Waals surface area contributed by atoms with Gasteiger partial charge < -0.3 is 4.74 Å². The maximum absolute atomic E-state index is 5.54. The van der Waals surface area contributed by atoms with E-state index in [1.165, 1.54) is 5.01 Å². The van der Waals surface area contributed by atoms with Gasteiger partial charge in [-0.3, -0.25) is 5.01 Å². The van der Waals surface area contributed by atoms with E-state index >= 15 is 0 Å². The summed E-state index contributed by atoms with van der Waals surface area (Å²) >= 11 is 4.89. The number of hydrogen-bond donors (Lipinski definition) is 1. The second kappa shape index (κ2) is 6.37. The molecule has 0 aromatic heterocycles. The predicted octanol–water partition coefficient (Wildman–Crippen LogP) is 1.28. The third kappa shape index (κ3) is 4.98. The van der Waals surface area contributed by atoms with Crippen LogP contribution in [0.25, 0.3) is 0 Å². The van der Waals surface area contributed by atoms with Crippen LogP contribution in [0.5, 0.6) is 0 Å². The summed E-state index contributed by atoms with van der Waals surface area (Å²) in [5, 5.41) is 1.86. The van der Waals surface area contributed by atoms with Crippen molar-refractivity contribution in [3.8, 4) is 0 Å². The van der Waals surface area contributed by atoms with Gasteiger partial charge in [0.05, 0.1) is 6.61 Å². The number of nitrogens with zero attached hydrogens (tertiary/aromatic N) is 1. The van der Waals surface area contributed by atoms with E-state index in [0.29, 0.717) is 11.8 Å². The Morgan fingerprint density at radius 1 is 1.45 bits per heavy atom. The van der Waals surface area contributed by atoms with Crippen LogP contribution in [-0.2, 0) is 4.74 Å². The van der Waals surface area contributed by atoms with Crippen molar-refractivity contribution in [3.05, 3.63) is 0 Å². The lowest BCUT2D eigenvalue weighted by molar-refractivity contribution is 0.243. The van der Waals surface area contributed by atoms with Crippen molar-refractivity contribution in [1.82, 2.24) is 5.01 Å². The summed E-state index contributed by atoms with van der Waals surface area (Å²) in [5.41, 5.74) is 0. The van der Waals surface area contributed by atoms with Crippen LogP contribution in [0.3, 0.4) is 0 Å². The van der Waals surface area contributed by atoms with Crippen molar-refractivity contribution in [2.75, 3.05) is 13.2 Å². The second-order valence-corrected chi connectivity index (χ2v) is 2.66. The molecule has 0 fully saturated rings. The molecule has 0 aliphatic rings. The van der Waals surface area contributed by atoms with Gasteiger partial charge in [0.1, 0.15) is 0 Å². The first-order chi connectivity index (χ1) is 5.22. The molecule has 0 aromatic carbocycles. The van der Waals surface area contributed by atoms with Crippen molar-refractivity contribution in [1.29, 1.82) is 0 Å². The minimum atomic E-state index is 0.397. The van der Waals surface area contributed by atoms with Gasteiger partial charge in [-0.15, -0.1) is 0 Å². The molecule has 66 valence electrons. The van der Waals surface area contributed by atoms with E-state index in [1.54, 1.807) is 0 Å². The van der Waals surface area contributed by atoms with E-state index < -0.39 is 0 Å². The average Bonchev–Trinajstić information content (AvgIpc) is 2.00. The lowest BCUT2D eigenvalue weighted by Gasteiger charge is -2.17. The zero-order valence-corrected chi connectivity index (χ0v) is 7.99. The summed E-state index contributed by atoms with van der Waals surface area (Å²) in [6.45, 7) is 5.48. The molecule has 0 unspecified atom stereocenters. The van der Waals surface area contributed by atoms with Gasteiger partial charge in [0.2, 0.25) is 0 Å². The molecule has 0 atom stereocenters. The highest BCUT2D eigenvalue weighted by molar-refractivity contribution is 7.79. The van der Waals surface area contributed by atoms with E-state index in [0.717, 1.165) is 19.4 Å². The molecule has 3 nitrogen and oxygen atoms in total. The number of nitrogens with two attached hydrogens (primary N) is 1. The fraction of sp³-hybridized carbons (Fsp3) is 0.857. The molecule has 0 saturated carbocycles. The number of hydrogen-bond acceptors (Lipinski definition) is 3. The normalized spacial score (nSPS) is 9.36. The Bertz CT molecular complexity index is 119. The van der Waals surface area contributed by atoms with Crippen LogP contribution < -0.4 is 5.84 Å². The maximum Gasteiger partial charge on any atom is 0.273 e. The molecule has 0 bridgehead atoms. The maximum atomic E-state index is 5.54. The van der Waals surface area contributed by atoms with Crippen LogP contribution in [0.4, 0.5) is 0 Å². The zero-order chi connectivity index (χ0) is 8.69. The fourth-order valence-electron chi connectivity index (χ4n) is 0.604. The molecule has 0 aromatic rings. The number of hydrazine groups is 1. The van der Waals surface area contributed by atoms with Crippen LogP contribution in [0.2, 0.25) is 0 Å². The predicted molar refractivity (Wildman–Crippen MR) is 50.0 cm³/mol. The molecule has 0 amide bonds. The topological polar surface area (TPSA) is 38.5 Å². The molecular formula is C7H16N2OS. The summed E-state index contributed by atoms with van der Waals surface area (Å²) < 4.78 is 5.14. The first-order valence-corrected chi connectivity index (χ1v) is 4.32. The highest BCUT2D eigenvalue weighted by atomic mass is 32.1. The Hall–Kier alpha value is -0.350. The lowest BCUT2D eigenvalue weighted by atomic mass is 10.5. The molecule has 0 aliphatic heterocycles. The molecule has 11 heavy (non-hydrogen) atoms. The van der Waals surface area contributed by atoms with Crippen LogP contribution >= 0.6 is 12.2 Å². The molecule has 0 rings (SSSR count). The number of ether oxygens (including phenoxy) is 1. The number of thiocarbonyl (C=S) groups is 1. The van der Waals surface area contributed by atoms with Gasteiger partial charge in [-0.2, -0.15) is 0 Å². The van der Waals surface area contributed by atoms with Gasteiger partial charge in [-0.05, 0) is 25.1 Å². The molecule has 0 heterocycles. The van der Waals surface area contributed by atoms with E-state index in [2.05, 4.69) is 0 Å². The summed E-state index contributed by atoms with van der Waals surface area (Å²) in [7, 11) is 0. The van der Waals surface area contributed by atoms with Crippen LogP contribution in [0.1, 0.15) is 26.7 Å². The van der Waals surface area contributed by atoms with E-state index in [4.69, 9.17) is 22.8 Å². The van der Waals surface area contributed by atoms with Gasteiger partial charge in [-0.25, -0.2) is 5.84 Å². The minimum Gasteiger partial charge on any atom is -0.470 e. The van der Waals surface area contributed by atoms with E-state index in [9.17, 15) is 0 Å². The highest BCUT2D eigenvalue weighted by Gasteiger charge is 2.02. The molecule has 0 aliphatic carbocycles. The van der Waals surface area contributed by atoms with Gasteiger partial charge in [0.15, 0.2) is 0 Å². The monoisotopic (exact) mass is 176 g/mol. The van der Waals surface area contributed by atoms with Crippen molar-refractivity contribution >= 4 is 17.4 Å². The Labute approximate surface area is 73.5 Å². The smallest absolute Gasteiger partial charge is 0.273 e. The summed E-state index contributed by atoms with van der Waals surface area (Å²) in [5.74, 6) is 5.54. The second-order valence-electron chi connectivity index (χ2n) is 2.31. The van der Waals surface area contributed by atoms with Gasteiger partial charge in [-0.1, -0.05) is 13.8 Å². The molecule has 4 heteroatoms. The highest BCUT2D eigenvalue weighted by Crippen LogP contribution is 1.91. The van der Waals surface area contributed by atoms with Crippen molar-refractivity contribution in [2.45, 2.75) is 26.7 Å². The van der Waals surface area contributed by atoms with Crippen molar-refractivity contribution < 1.29 is 4.74 Å². The first kappa shape index (κ1) is 10.7. The Kier molecular flexibility index (Phi) is 6.16. The average molecular weight is 176 g/mol. The third-order valence-corrected chi connectivity index (χ3v) is 1.48. The largest absolute Gasteiger partial charge is 0.470 e. The van der Waals surface area contributed by atoms with E-state index in [1.807, 2.05) is 13.8 Å². The fourth-order valence-corrected chi connectivity index (χ4v) is 0.779. The molecule has 0 radical (unpaired) electrons. The zero-order valence-electron chi connectivity index (χ0n) is 7.17. The quantitative estimate of drug-likeness (QED) is 0.398. The van der Waals surface area contributed by atoms with Crippen LogP contribution in [0, 0.1) is 0 Å². The molecule has 0 spiro atoms. The first-order valence-electron chi connectivity index (χ1n) is 3.91. The number of rotatable bonds is 4. The summed E-state index contributed by atoms with van der Waals surface area (Å²) in [6.07, 6.45) is 1.94. The van der Waals surface area contributed by atoms with Gasteiger partial charge in [0.25, 0.3) is 5.17 Å². The summed E-state index contributed by atoms with van der Waals surface area (Å²) in [4.78, 5) is 0. The van der Waals surface area contributed by atoms with E-state index in [-0.39, 0.29) is 0 Å².